The van der Waals surface area contributed by atoms with E-state index < -0.39 is 0 Å². The number of benzene rings is 1. The summed E-state index contributed by atoms with van der Waals surface area (Å²) in [6, 6.07) is 10.8. The van der Waals surface area contributed by atoms with Crippen molar-refractivity contribution in [1.82, 2.24) is 9.38 Å². The molecule has 2 heterocycles. The predicted octanol–water partition coefficient (Wildman–Crippen LogP) is 4.56. The molecule has 3 aromatic rings. The Balaban J connectivity index is 2.12. The SMILES string of the molecule is Cc1cn2c(CC#N)c(-c3ccc(C(C)C)cc3)nc2s1. The molecule has 0 unspecified atom stereocenters. The highest BCUT2D eigenvalue weighted by Gasteiger charge is 2.15. The third-order valence-electron chi connectivity index (χ3n) is 3.64. The van der Waals surface area contributed by atoms with E-state index in [2.05, 4.69) is 61.7 Å². The Morgan fingerprint density at radius 3 is 2.62 bits per heavy atom. The first-order valence-electron chi connectivity index (χ1n) is 7.05. The number of aromatic nitrogens is 2. The van der Waals surface area contributed by atoms with E-state index in [-0.39, 0.29) is 0 Å². The highest BCUT2D eigenvalue weighted by molar-refractivity contribution is 7.17. The number of fused-ring (bicyclic) bond motifs is 1. The Morgan fingerprint density at radius 1 is 1.29 bits per heavy atom. The third-order valence-corrected chi connectivity index (χ3v) is 4.54. The summed E-state index contributed by atoms with van der Waals surface area (Å²) in [6.45, 7) is 6.43. The van der Waals surface area contributed by atoms with Crippen LogP contribution in [0.3, 0.4) is 0 Å². The second kappa shape index (κ2) is 5.34. The largest absolute Gasteiger partial charge is 0.293 e. The molecule has 4 heteroatoms. The average Bonchev–Trinajstić information content (AvgIpc) is 2.97. The van der Waals surface area contributed by atoms with Gasteiger partial charge >= 0.3 is 0 Å². The van der Waals surface area contributed by atoms with Crippen LogP contribution in [-0.2, 0) is 6.42 Å². The fourth-order valence-electron chi connectivity index (χ4n) is 2.50. The smallest absolute Gasteiger partial charge is 0.194 e. The molecule has 2 aromatic heterocycles. The molecule has 0 bridgehead atoms. The lowest BCUT2D eigenvalue weighted by Crippen LogP contribution is -1.92. The van der Waals surface area contributed by atoms with E-state index in [9.17, 15) is 0 Å². The van der Waals surface area contributed by atoms with Crippen molar-refractivity contribution in [3.05, 3.63) is 46.6 Å². The summed E-state index contributed by atoms with van der Waals surface area (Å²) < 4.78 is 2.05. The lowest BCUT2D eigenvalue weighted by Gasteiger charge is -2.06. The summed E-state index contributed by atoms with van der Waals surface area (Å²) in [6.07, 6.45) is 2.43. The molecule has 0 aliphatic heterocycles. The molecule has 0 N–H and O–H groups in total. The van der Waals surface area contributed by atoms with Gasteiger partial charge in [-0.05, 0) is 18.4 Å². The minimum absolute atomic E-state index is 0.374. The Hall–Kier alpha value is -2.12. The van der Waals surface area contributed by atoms with Gasteiger partial charge in [0.2, 0.25) is 0 Å². The molecule has 3 nitrogen and oxygen atoms in total. The van der Waals surface area contributed by atoms with Crippen LogP contribution in [0, 0.1) is 18.3 Å². The molecule has 0 saturated heterocycles. The monoisotopic (exact) mass is 295 g/mol. The van der Waals surface area contributed by atoms with Crippen molar-refractivity contribution >= 4 is 16.3 Å². The third kappa shape index (κ3) is 2.45. The van der Waals surface area contributed by atoms with Gasteiger partial charge in [-0.15, -0.1) is 11.3 Å². The zero-order valence-electron chi connectivity index (χ0n) is 12.4. The van der Waals surface area contributed by atoms with Crippen LogP contribution in [0.4, 0.5) is 0 Å². The van der Waals surface area contributed by atoms with Crippen molar-refractivity contribution in [1.29, 1.82) is 5.26 Å². The van der Waals surface area contributed by atoms with Gasteiger partial charge in [0.1, 0.15) is 0 Å². The summed E-state index contributed by atoms with van der Waals surface area (Å²) in [5.74, 6) is 0.519. The van der Waals surface area contributed by atoms with E-state index in [4.69, 9.17) is 10.2 Å². The van der Waals surface area contributed by atoms with Crippen LogP contribution in [-0.4, -0.2) is 9.38 Å². The minimum Gasteiger partial charge on any atom is -0.293 e. The van der Waals surface area contributed by atoms with E-state index >= 15 is 0 Å². The Kier molecular flexibility index (Phi) is 3.52. The van der Waals surface area contributed by atoms with Crippen LogP contribution in [0.5, 0.6) is 0 Å². The van der Waals surface area contributed by atoms with Gasteiger partial charge in [-0.3, -0.25) is 4.40 Å². The lowest BCUT2D eigenvalue weighted by atomic mass is 10.00. The van der Waals surface area contributed by atoms with E-state index in [0.717, 1.165) is 21.9 Å². The predicted molar refractivity (Wildman–Crippen MR) is 86.6 cm³/mol. The minimum atomic E-state index is 0.374. The van der Waals surface area contributed by atoms with E-state index in [1.54, 1.807) is 11.3 Å². The number of thiazole rings is 1. The second-order valence-corrected chi connectivity index (χ2v) is 6.73. The summed E-state index contributed by atoms with van der Waals surface area (Å²) >= 11 is 1.66. The molecule has 0 aliphatic rings. The highest BCUT2D eigenvalue weighted by atomic mass is 32.1. The quantitative estimate of drug-likeness (QED) is 0.710. The molecule has 106 valence electrons. The first-order chi connectivity index (χ1) is 10.1. The van der Waals surface area contributed by atoms with E-state index in [1.807, 2.05) is 0 Å². The molecule has 1 aromatic carbocycles. The standard InChI is InChI=1S/C17H17N3S/c1-11(2)13-4-6-14(7-5-13)16-15(8-9-18)20-10-12(3)21-17(20)19-16/h4-7,10-11H,8H2,1-3H3. The number of hydrogen-bond donors (Lipinski definition) is 0. The van der Waals surface area contributed by atoms with Crippen molar-refractivity contribution in [2.24, 2.45) is 0 Å². The fraction of sp³-hybridized carbons (Fsp3) is 0.294. The van der Waals surface area contributed by atoms with E-state index in [0.29, 0.717) is 12.3 Å². The summed E-state index contributed by atoms with van der Waals surface area (Å²) in [4.78, 5) is 6.89. The van der Waals surface area contributed by atoms with Crippen LogP contribution in [0.15, 0.2) is 30.5 Å². The molecule has 0 fully saturated rings. The highest BCUT2D eigenvalue weighted by Crippen LogP contribution is 2.29. The number of rotatable bonds is 3. The van der Waals surface area contributed by atoms with Gasteiger partial charge in [0, 0.05) is 16.6 Å². The van der Waals surface area contributed by atoms with Gasteiger partial charge in [-0.25, -0.2) is 4.98 Å². The van der Waals surface area contributed by atoms with E-state index in [1.165, 1.54) is 10.4 Å². The van der Waals surface area contributed by atoms with Crippen LogP contribution in [0.25, 0.3) is 16.2 Å². The molecular formula is C17H17N3S. The summed E-state index contributed by atoms with van der Waals surface area (Å²) in [5.41, 5.74) is 4.31. The van der Waals surface area contributed by atoms with Gasteiger partial charge < -0.3 is 0 Å². The molecule has 0 amide bonds. The molecular weight excluding hydrogens is 278 g/mol. The second-order valence-electron chi connectivity index (χ2n) is 5.51. The lowest BCUT2D eigenvalue weighted by molar-refractivity contribution is 0.867. The van der Waals surface area contributed by atoms with Gasteiger partial charge in [0.25, 0.3) is 0 Å². The number of imidazole rings is 1. The Morgan fingerprint density at radius 2 is 2.00 bits per heavy atom. The number of aryl methyl sites for hydroxylation is 1. The van der Waals surface area contributed by atoms with Crippen molar-refractivity contribution in [2.45, 2.75) is 33.1 Å². The molecule has 0 radical (unpaired) electrons. The van der Waals surface area contributed by atoms with Gasteiger partial charge in [-0.2, -0.15) is 5.26 Å². The maximum absolute atomic E-state index is 9.10. The molecule has 0 aliphatic carbocycles. The molecule has 21 heavy (non-hydrogen) atoms. The topological polar surface area (TPSA) is 41.1 Å². The van der Waals surface area contributed by atoms with Crippen molar-refractivity contribution in [3.63, 3.8) is 0 Å². The number of nitriles is 1. The Labute approximate surface area is 128 Å². The maximum atomic E-state index is 9.10. The summed E-state index contributed by atoms with van der Waals surface area (Å²) in [5, 5.41) is 9.10. The fourth-order valence-corrected chi connectivity index (χ4v) is 3.35. The number of nitrogens with zero attached hydrogens (tertiary/aromatic N) is 3. The van der Waals surface area contributed by atoms with Gasteiger partial charge in [0.05, 0.1) is 23.9 Å². The normalized spacial score (nSPS) is 11.2. The van der Waals surface area contributed by atoms with Crippen molar-refractivity contribution in [2.75, 3.05) is 0 Å². The zero-order chi connectivity index (χ0) is 15.0. The van der Waals surface area contributed by atoms with Crippen LogP contribution in [0.1, 0.15) is 35.9 Å². The van der Waals surface area contributed by atoms with Crippen molar-refractivity contribution in [3.8, 4) is 17.3 Å². The van der Waals surface area contributed by atoms with Crippen molar-refractivity contribution < 1.29 is 0 Å². The molecule has 0 spiro atoms. The zero-order valence-corrected chi connectivity index (χ0v) is 13.2. The van der Waals surface area contributed by atoms with Crippen LogP contribution >= 0.6 is 11.3 Å². The first kappa shape index (κ1) is 13.8. The first-order valence-corrected chi connectivity index (χ1v) is 7.86. The summed E-state index contributed by atoms with van der Waals surface area (Å²) in [7, 11) is 0. The maximum Gasteiger partial charge on any atom is 0.194 e. The van der Waals surface area contributed by atoms with Crippen LogP contribution < -0.4 is 0 Å². The Bertz CT molecular complexity index is 816. The molecule has 0 saturated carbocycles. The molecule has 0 atom stereocenters. The molecule has 3 rings (SSSR count). The van der Waals surface area contributed by atoms with Gasteiger partial charge in [-0.1, -0.05) is 38.1 Å². The average molecular weight is 295 g/mol. The van der Waals surface area contributed by atoms with Crippen LogP contribution in [0.2, 0.25) is 0 Å². The van der Waals surface area contributed by atoms with Gasteiger partial charge in [0.15, 0.2) is 4.96 Å². The number of hydrogen-bond acceptors (Lipinski definition) is 3.